The number of carbonyl (C=O) groups is 1. The molecule has 1 atom stereocenters. The van der Waals surface area contributed by atoms with Gasteiger partial charge in [0.15, 0.2) is 0 Å². The van der Waals surface area contributed by atoms with Gasteiger partial charge in [-0.2, -0.15) is 0 Å². The van der Waals surface area contributed by atoms with Crippen LogP contribution in [-0.4, -0.2) is 11.9 Å². The number of amides is 1. The molecule has 1 aromatic rings. The minimum absolute atomic E-state index is 0.0423. The van der Waals surface area contributed by atoms with E-state index < -0.39 is 0 Å². The van der Waals surface area contributed by atoms with Gasteiger partial charge in [0.1, 0.15) is 0 Å². The van der Waals surface area contributed by atoms with Gasteiger partial charge in [-0.1, -0.05) is 19.9 Å². The molecule has 0 spiro atoms. The summed E-state index contributed by atoms with van der Waals surface area (Å²) in [5, 5.41) is 6.22. The number of nitrogens with one attached hydrogen (secondary N) is 2. The Morgan fingerprint density at radius 1 is 1.31 bits per heavy atom. The van der Waals surface area contributed by atoms with Crippen LogP contribution in [0.1, 0.15) is 33.6 Å². The maximum Gasteiger partial charge on any atom is 0.224 e. The molecule has 0 aliphatic heterocycles. The Bertz CT molecular complexity index is 350. The summed E-state index contributed by atoms with van der Waals surface area (Å²) < 4.78 is 0. The standard InChI is InChI=1S/C13H20N2O/c1-4-10(3)14-11-7-6-8-12(9-11)15-13(16)5-2/h6-10,14H,4-5H2,1-3H3,(H,15,16). The van der Waals surface area contributed by atoms with Crippen LogP contribution in [-0.2, 0) is 4.79 Å². The Labute approximate surface area is 97.2 Å². The van der Waals surface area contributed by atoms with Gasteiger partial charge in [-0.15, -0.1) is 0 Å². The van der Waals surface area contributed by atoms with Crippen LogP contribution in [0.15, 0.2) is 24.3 Å². The summed E-state index contributed by atoms with van der Waals surface area (Å²) in [6.45, 7) is 6.12. The molecule has 0 heterocycles. The average Bonchev–Trinajstić information content (AvgIpc) is 2.29. The van der Waals surface area contributed by atoms with Gasteiger partial charge in [-0.05, 0) is 31.5 Å². The quantitative estimate of drug-likeness (QED) is 0.799. The molecule has 1 aromatic carbocycles. The topological polar surface area (TPSA) is 41.1 Å². The minimum atomic E-state index is 0.0423. The fraction of sp³-hybridized carbons (Fsp3) is 0.462. The SMILES string of the molecule is CCC(=O)Nc1cccc(NC(C)CC)c1. The fourth-order valence-corrected chi connectivity index (χ4v) is 1.32. The molecule has 1 amide bonds. The van der Waals surface area contributed by atoms with Gasteiger partial charge in [0.05, 0.1) is 0 Å². The lowest BCUT2D eigenvalue weighted by atomic mass is 10.2. The minimum Gasteiger partial charge on any atom is -0.383 e. The third-order valence-electron chi connectivity index (χ3n) is 2.49. The Balaban J connectivity index is 2.67. The number of benzene rings is 1. The normalized spacial score (nSPS) is 11.9. The summed E-state index contributed by atoms with van der Waals surface area (Å²) in [6, 6.07) is 8.25. The third-order valence-corrected chi connectivity index (χ3v) is 2.49. The Hall–Kier alpha value is -1.51. The van der Waals surface area contributed by atoms with Crippen LogP contribution in [0.4, 0.5) is 11.4 Å². The van der Waals surface area contributed by atoms with E-state index in [0.29, 0.717) is 12.5 Å². The van der Waals surface area contributed by atoms with E-state index in [1.807, 2.05) is 31.2 Å². The number of rotatable bonds is 5. The molecule has 0 saturated heterocycles. The number of hydrogen-bond donors (Lipinski definition) is 2. The van der Waals surface area contributed by atoms with Crippen LogP contribution in [0.25, 0.3) is 0 Å². The van der Waals surface area contributed by atoms with Gasteiger partial charge >= 0.3 is 0 Å². The highest BCUT2D eigenvalue weighted by Gasteiger charge is 2.01. The summed E-state index contributed by atoms with van der Waals surface area (Å²) in [4.78, 5) is 11.2. The van der Waals surface area contributed by atoms with Crippen LogP contribution >= 0.6 is 0 Å². The molecule has 0 aliphatic carbocycles. The van der Waals surface area contributed by atoms with E-state index in [0.717, 1.165) is 17.8 Å². The molecule has 0 fully saturated rings. The van der Waals surface area contributed by atoms with Gasteiger partial charge in [0.25, 0.3) is 0 Å². The van der Waals surface area contributed by atoms with Gasteiger partial charge in [-0.3, -0.25) is 4.79 Å². The zero-order chi connectivity index (χ0) is 12.0. The van der Waals surface area contributed by atoms with Crippen LogP contribution in [0.2, 0.25) is 0 Å². The van der Waals surface area contributed by atoms with Crippen molar-refractivity contribution in [3.05, 3.63) is 24.3 Å². The Morgan fingerprint density at radius 2 is 2.00 bits per heavy atom. The van der Waals surface area contributed by atoms with Gasteiger partial charge < -0.3 is 10.6 Å². The van der Waals surface area contributed by atoms with E-state index in [1.54, 1.807) is 0 Å². The first-order valence-electron chi connectivity index (χ1n) is 5.82. The Morgan fingerprint density at radius 3 is 2.62 bits per heavy atom. The molecule has 0 aliphatic rings. The lowest BCUT2D eigenvalue weighted by Gasteiger charge is -2.14. The molecule has 0 radical (unpaired) electrons. The predicted octanol–water partition coefficient (Wildman–Crippen LogP) is 3.25. The maximum absolute atomic E-state index is 11.2. The summed E-state index contributed by atoms with van der Waals surface area (Å²) in [5.41, 5.74) is 1.89. The van der Waals surface area contributed by atoms with Crippen molar-refractivity contribution in [1.82, 2.24) is 0 Å². The van der Waals surface area contributed by atoms with Crippen molar-refractivity contribution in [2.45, 2.75) is 39.7 Å². The highest BCUT2D eigenvalue weighted by Crippen LogP contribution is 2.16. The molecular weight excluding hydrogens is 200 g/mol. The number of anilines is 2. The second-order valence-corrected chi connectivity index (χ2v) is 3.94. The molecule has 0 aromatic heterocycles. The van der Waals surface area contributed by atoms with Crippen molar-refractivity contribution in [2.75, 3.05) is 10.6 Å². The second-order valence-electron chi connectivity index (χ2n) is 3.94. The van der Waals surface area contributed by atoms with Crippen molar-refractivity contribution < 1.29 is 4.79 Å². The first kappa shape index (κ1) is 12.6. The van der Waals surface area contributed by atoms with Crippen LogP contribution in [0.3, 0.4) is 0 Å². The van der Waals surface area contributed by atoms with E-state index in [9.17, 15) is 4.79 Å². The summed E-state index contributed by atoms with van der Waals surface area (Å²) in [5.74, 6) is 0.0423. The molecule has 88 valence electrons. The zero-order valence-electron chi connectivity index (χ0n) is 10.2. The van der Waals surface area contributed by atoms with E-state index in [1.165, 1.54) is 0 Å². The number of carbonyl (C=O) groups excluding carboxylic acids is 1. The highest BCUT2D eigenvalue weighted by atomic mass is 16.1. The molecular formula is C13H20N2O. The summed E-state index contributed by atoms with van der Waals surface area (Å²) in [6.07, 6.45) is 1.58. The molecule has 1 unspecified atom stereocenters. The molecule has 0 bridgehead atoms. The summed E-state index contributed by atoms with van der Waals surface area (Å²) in [7, 11) is 0. The van der Waals surface area contributed by atoms with Crippen molar-refractivity contribution in [3.63, 3.8) is 0 Å². The first-order valence-corrected chi connectivity index (χ1v) is 5.82. The van der Waals surface area contributed by atoms with Crippen LogP contribution in [0.5, 0.6) is 0 Å². The van der Waals surface area contributed by atoms with Crippen molar-refractivity contribution in [2.24, 2.45) is 0 Å². The van der Waals surface area contributed by atoms with Crippen LogP contribution in [0, 0.1) is 0 Å². The maximum atomic E-state index is 11.2. The highest BCUT2D eigenvalue weighted by molar-refractivity contribution is 5.90. The zero-order valence-corrected chi connectivity index (χ0v) is 10.2. The second kappa shape index (κ2) is 6.16. The first-order chi connectivity index (χ1) is 7.65. The smallest absolute Gasteiger partial charge is 0.224 e. The van der Waals surface area contributed by atoms with E-state index >= 15 is 0 Å². The van der Waals surface area contributed by atoms with E-state index in [-0.39, 0.29) is 5.91 Å². The van der Waals surface area contributed by atoms with E-state index in [2.05, 4.69) is 24.5 Å². The van der Waals surface area contributed by atoms with Crippen molar-refractivity contribution in [1.29, 1.82) is 0 Å². The molecule has 1 rings (SSSR count). The van der Waals surface area contributed by atoms with Crippen LogP contribution < -0.4 is 10.6 Å². The third kappa shape index (κ3) is 3.93. The molecule has 0 saturated carbocycles. The lowest BCUT2D eigenvalue weighted by Crippen LogP contribution is -2.14. The van der Waals surface area contributed by atoms with Crippen molar-refractivity contribution in [3.8, 4) is 0 Å². The predicted molar refractivity (Wildman–Crippen MR) is 68.7 cm³/mol. The average molecular weight is 220 g/mol. The molecule has 3 nitrogen and oxygen atoms in total. The van der Waals surface area contributed by atoms with Gasteiger partial charge in [0.2, 0.25) is 5.91 Å². The monoisotopic (exact) mass is 220 g/mol. The Kier molecular flexibility index (Phi) is 4.83. The molecule has 2 N–H and O–H groups in total. The molecule has 16 heavy (non-hydrogen) atoms. The summed E-state index contributed by atoms with van der Waals surface area (Å²) >= 11 is 0. The van der Waals surface area contributed by atoms with Crippen molar-refractivity contribution >= 4 is 17.3 Å². The number of hydrogen-bond acceptors (Lipinski definition) is 2. The largest absolute Gasteiger partial charge is 0.383 e. The molecule has 3 heteroatoms. The van der Waals surface area contributed by atoms with Gasteiger partial charge in [0, 0.05) is 23.8 Å². The van der Waals surface area contributed by atoms with E-state index in [4.69, 9.17) is 0 Å². The lowest BCUT2D eigenvalue weighted by molar-refractivity contribution is -0.115. The fourth-order valence-electron chi connectivity index (χ4n) is 1.32. The van der Waals surface area contributed by atoms with Gasteiger partial charge in [-0.25, -0.2) is 0 Å².